The molecule has 0 aromatic rings. The molecule has 2 saturated carbocycles. The summed E-state index contributed by atoms with van der Waals surface area (Å²) >= 11 is 0. The van der Waals surface area contributed by atoms with E-state index in [4.69, 9.17) is 0 Å². The number of hydrogen-bond donors (Lipinski definition) is 0. The molecule has 6 unspecified atom stereocenters. The van der Waals surface area contributed by atoms with Crippen molar-refractivity contribution in [3.05, 3.63) is 0 Å². The smallest absolute Gasteiger partial charge is 0.0355 e. The highest BCUT2D eigenvalue weighted by molar-refractivity contribution is 4.90. The summed E-state index contributed by atoms with van der Waals surface area (Å²) in [7, 11) is 0. The zero-order chi connectivity index (χ0) is 14.9. The van der Waals surface area contributed by atoms with Crippen molar-refractivity contribution in [1.82, 2.24) is 0 Å². The zero-order valence-electron chi connectivity index (χ0n) is 14.9. The Morgan fingerprint density at radius 1 is 0.950 bits per heavy atom. The Bertz CT molecular complexity index is 288. The lowest BCUT2D eigenvalue weighted by molar-refractivity contribution is 0.0335. The normalized spacial score (nSPS) is 38.0. The summed E-state index contributed by atoms with van der Waals surface area (Å²) < 4.78 is 0. The van der Waals surface area contributed by atoms with Crippen LogP contribution in [0.1, 0.15) is 80.1 Å². The van der Waals surface area contributed by atoms with Gasteiger partial charge in [0, 0.05) is 0 Å². The van der Waals surface area contributed by atoms with E-state index in [1.54, 1.807) is 6.42 Å². The van der Waals surface area contributed by atoms with Gasteiger partial charge in [-0.25, -0.2) is 0 Å². The average Bonchev–Trinajstić information content (AvgIpc) is 3.23. The van der Waals surface area contributed by atoms with Gasteiger partial charge in [0.2, 0.25) is 0 Å². The van der Waals surface area contributed by atoms with E-state index in [-0.39, 0.29) is 0 Å². The largest absolute Gasteiger partial charge is 0.0651 e. The van der Waals surface area contributed by atoms with E-state index in [2.05, 4.69) is 41.5 Å². The van der Waals surface area contributed by atoms with E-state index in [0.717, 1.165) is 47.3 Å². The van der Waals surface area contributed by atoms with Gasteiger partial charge < -0.3 is 0 Å². The second kappa shape index (κ2) is 6.84. The molecule has 0 amide bonds. The lowest BCUT2D eigenvalue weighted by Crippen LogP contribution is -2.38. The lowest BCUT2D eigenvalue weighted by atomic mass is 9.59. The van der Waals surface area contributed by atoms with Gasteiger partial charge in [0.1, 0.15) is 0 Å². The monoisotopic (exact) mass is 278 g/mol. The first kappa shape index (κ1) is 16.4. The highest BCUT2D eigenvalue weighted by Crippen LogP contribution is 2.50. The Balaban J connectivity index is 1.99. The van der Waals surface area contributed by atoms with Crippen LogP contribution >= 0.6 is 0 Å². The van der Waals surface area contributed by atoms with E-state index >= 15 is 0 Å². The van der Waals surface area contributed by atoms with Crippen molar-refractivity contribution in [2.45, 2.75) is 80.1 Å². The predicted molar refractivity (Wildman–Crippen MR) is 89.7 cm³/mol. The van der Waals surface area contributed by atoms with Gasteiger partial charge >= 0.3 is 0 Å². The van der Waals surface area contributed by atoms with Crippen LogP contribution < -0.4 is 0 Å². The molecule has 0 spiro atoms. The minimum absolute atomic E-state index is 0.835. The first-order chi connectivity index (χ1) is 9.45. The molecule has 0 heterocycles. The fraction of sp³-hybridized carbons (Fsp3) is 1.00. The molecular weight excluding hydrogens is 240 g/mol. The Morgan fingerprint density at radius 3 is 2.10 bits per heavy atom. The van der Waals surface area contributed by atoms with Crippen LogP contribution in [0.3, 0.4) is 0 Å². The molecule has 0 heteroatoms. The molecule has 0 N–H and O–H groups in total. The lowest BCUT2D eigenvalue weighted by Gasteiger charge is -2.46. The summed E-state index contributed by atoms with van der Waals surface area (Å²) in [5.41, 5.74) is 0. The number of hydrogen-bond acceptors (Lipinski definition) is 0. The zero-order valence-corrected chi connectivity index (χ0v) is 14.9. The maximum atomic E-state index is 2.58. The fourth-order valence-electron chi connectivity index (χ4n) is 5.06. The first-order valence-corrected chi connectivity index (χ1v) is 9.45. The Labute approximate surface area is 128 Å². The summed E-state index contributed by atoms with van der Waals surface area (Å²) in [6.45, 7) is 14.9. The van der Waals surface area contributed by atoms with E-state index in [1.807, 2.05) is 0 Å². The van der Waals surface area contributed by atoms with Crippen LogP contribution in [0, 0.1) is 47.3 Å². The SMILES string of the molecule is CCC1C(C)C(CC2CC2)CCC1C(C)C(C)C(C)C. The second-order valence-corrected chi connectivity index (χ2v) is 8.57. The molecule has 2 aliphatic rings. The van der Waals surface area contributed by atoms with Crippen molar-refractivity contribution >= 4 is 0 Å². The van der Waals surface area contributed by atoms with Crippen molar-refractivity contribution in [2.24, 2.45) is 47.3 Å². The van der Waals surface area contributed by atoms with Crippen LogP contribution in [-0.2, 0) is 0 Å². The molecule has 2 rings (SSSR count). The highest BCUT2D eigenvalue weighted by Gasteiger charge is 2.41. The predicted octanol–water partition coefficient (Wildman–Crippen LogP) is 6.40. The fourth-order valence-corrected chi connectivity index (χ4v) is 5.06. The number of rotatable bonds is 6. The van der Waals surface area contributed by atoms with Crippen LogP contribution in [0.25, 0.3) is 0 Å². The van der Waals surface area contributed by atoms with E-state index in [0.29, 0.717) is 0 Å². The van der Waals surface area contributed by atoms with E-state index in [9.17, 15) is 0 Å². The van der Waals surface area contributed by atoms with Gasteiger partial charge in [-0.1, -0.05) is 60.8 Å². The highest BCUT2D eigenvalue weighted by atomic mass is 14.5. The molecule has 2 fully saturated rings. The van der Waals surface area contributed by atoms with E-state index < -0.39 is 0 Å². The summed E-state index contributed by atoms with van der Waals surface area (Å²) in [5, 5.41) is 0. The maximum absolute atomic E-state index is 2.58. The summed E-state index contributed by atoms with van der Waals surface area (Å²) in [4.78, 5) is 0. The van der Waals surface area contributed by atoms with Crippen molar-refractivity contribution in [3.8, 4) is 0 Å². The van der Waals surface area contributed by atoms with Crippen LogP contribution in [0.5, 0.6) is 0 Å². The Morgan fingerprint density at radius 2 is 1.60 bits per heavy atom. The molecule has 118 valence electrons. The van der Waals surface area contributed by atoms with Crippen LogP contribution in [0.15, 0.2) is 0 Å². The molecule has 20 heavy (non-hydrogen) atoms. The van der Waals surface area contributed by atoms with Gasteiger partial charge in [0.05, 0.1) is 0 Å². The molecule has 0 bridgehead atoms. The van der Waals surface area contributed by atoms with Gasteiger partial charge in [-0.15, -0.1) is 0 Å². The van der Waals surface area contributed by atoms with Crippen molar-refractivity contribution < 1.29 is 0 Å². The molecule has 0 radical (unpaired) electrons. The van der Waals surface area contributed by atoms with Crippen molar-refractivity contribution in [1.29, 1.82) is 0 Å². The van der Waals surface area contributed by atoms with Gasteiger partial charge in [-0.05, 0) is 66.6 Å². The minimum atomic E-state index is 0.835. The standard InChI is InChI=1S/C20H38/c1-7-19-16(6)18(12-17-8-9-17)10-11-20(19)15(5)14(4)13(2)3/h13-20H,7-12H2,1-6H3. The van der Waals surface area contributed by atoms with Gasteiger partial charge in [0.15, 0.2) is 0 Å². The molecule has 0 aliphatic heterocycles. The third kappa shape index (κ3) is 3.60. The molecular formula is C20H38. The van der Waals surface area contributed by atoms with Gasteiger partial charge in [0.25, 0.3) is 0 Å². The first-order valence-electron chi connectivity index (χ1n) is 9.45. The molecule has 0 aromatic heterocycles. The van der Waals surface area contributed by atoms with E-state index in [1.165, 1.54) is 32.1 Å². The van der Waals surface area contributed by atoms with Crippen molar-refractivity contribution in [3.63, 3.8) is 0 Å². The maximum Gasteiger partial charge on any atom is -0.0355 e. The minimum Gasteiger partial charge on any atom is -0.0651 e. The summed E-state index contributed by atoms with van der Waals surface area (Å²) in [5.74, 6) is 7.73. The molecule has 0 nitrogen and oxygen atoms in total. The summed E-state index contributed by atoms with van der Waals surface area (Å²) in [6.07, 6.45) is 9.06. The molecule has 2 aliphatic carbocycles. The quantitative estimate of drug-likeness (QED) is 0.527. The Kier molecular flexibility index (Phi) is 5.60. The van der Waals surface area contributed by atoms with Gasteiger partial charge in [-0.2, -0.15) is 0 Å². The average molecular weight is 279 g/mol. The summed E-state index contributed by atoms with van der Waals surface area (Å²) in [6, 6.07) is 0. The molecule has 0 aromatic carbocycles. The topological polar surface area (TPSA) is 0 Å². The third-order valence-corrected chi connectivity index (χ3v) is 7.20. The third-order valence-electron chi connectivity index (χ3n) is 7.20. The van der Waals surface area contributed by atoms with Crippen LogP contribution in [-0.4, -0.2) is 0 Å². The van der Waals surface area contributed by atoms with Crippen LogP contribution in [0.4, 0.5) is 0 Å². The molecule has 6 atom stereocenters. The molecule has 0 saturated heterocycles. The van der Waals surface area contributed by atoms with Gasteiger partial charge in [-0.3, -0.25) is 0 Å². The van der Waals surface area contributed by atoms with Crippen molar-refractivity contribution in [2.75, 3.05) is 0 Å². The second-order valence-electron chi connectivity index (χ2n) is 8.57. The Hall–Kier alpha value is 0. The van der Waals surface area contributed by atoms with Crippen LogP contribution in [0.2, 0.25) is 0 Å².